The Bertz CT molecular complexity index is 278. The molecule has 0 aliphatic carbocycles. The topological polar surface area (TPSA) is 21.3 Å². The standard InChI is InChI=1S/C12H18FNO/c1-2-8-15-9-7-14-10-11-5-3-4-6-12(11)13/h3-6,14H,2,7-10H2,1H3. The predicted molar refractivity (Wildman–Crippen MR) is 59.2 cm³/mol. The van der Waals surface area contributed by atoms with Crippen molar-refractivity contribution in [1.29, 1.82) is 0 Å². The van der Waals surface area contributed by atoms with Gasteiger partial charge in [0, 0.05) is 25.3 Å². The van der Waals surface area contributed by atoms with Gasteiger partial charge in [0.05, 0.1) is 6.61 Å². The highest BCUT2D eigenvalue weighted by Gasteiger charge is 1.98. The first-order valence-electron chi connectivity index (χ1n) is 5.36. The SMILES string of the molecule is CCCOCCNCc1ccccc1F. The molecule has 0 aliphatic rings. The Labute approximate surface area is 90.4 Å². The van der Waals surface area contributed by atoms with Gasteiger partial charge in [0.15, 0.2) is 0 Å². The highest BCUT2D eigenvalue weighted by atomic mass is 19.1. The molecule has 0 spiro atoms. The van der Waals surface area contributed by atoms with Crippen LogP contribution in [0.25, 0.3) is 0 Å². The largest absolute Gasteiger partial charge is 0.380 e. The molecule has 0 fully saturated rings. The number of rotatable bonds is 7. The van der Waals surface area contributed by atoms with Crippen molar-refractivity contribution < 1.29 is 9.13 Å². The Morgan fingerprint density at radius 2 is 2.07 bits per heavy atom. The van der Waals surface area contributed by atoms with E-state index in [4.69, 9.17) is 4.74 Å². The van der Waals surface area contributed by atoms with E-state index < -0.39 is 0 Å². The van der Waals surface area contributed by atoms with E-state index in [1.807, 2.05) is 6.07 Å². The van der Waals surface area contributed by atoms with Crippen LogP contribution in [0.5, 0.6) is 0 Å². The van der Waals surface area contributed by atoms with Crippen LogP contribution in [0.1, 0.15) is 18.9 Å². The van der Waals surface area contributed by atoms with Crippen molar-refractivity contribution in [3.8, 4) is 0 Å². The zero-order valence-corrected chi connectivity index (χ0v) is 9.13. The van der Waals surface area contributed by atoms with Crippen LogP contribution in [0, 0.1) is 5.82 Å². The third kappa shape index (κ3) is 4.91. The fourth-order valence-corrected chi connectivity index (χ4v) is 1.26. The zero-order chi connectivity index (χ0) is 10.9. The Balaban J connectivity index is 2.12. The molecule has 0 aliphatic heterocycles. The van der Waals surface area contributed by atoms with Crippen molar-refractivity contribution in [1.82, 2.24) is 5.32 Å². The molecular formula is C12H18FNO. The van der Waals surface area contributed by atoms with Crippen molar-refractivity contribution in [2.75, 3.05) is 19.8 Å². The fourth-order valence-electron chi connectivity index (χ4n) is 1.26. The molecule has 0 saturated carbocycles. The average Bonchev–Trinajstić information content (AvgIpc) is 2.25. The number of hydrogen-bond acceptors (Lipinski definition) is 2. The van der Waals surface area contributed by atoms with Gasteiger partial charge in [0.25, 0.3) is 0 Å². The first-order chi connectivity index (χ1) is 7.34. The van der Waals surface area contributed by atoms with Crippen LogP contribution in [0.2, 0.25) is 0 Å². The highest BCUT2D eigenvalue weighted by molar-refractivity contribution is 5.16. The third-order valence-electron chi connectivity index (χ3n) is 2.04. The Hall–Kier alpha value is -0.930. The Morgan fingerprint density at radius 3 is 2.80 bits per heavy atom. The Morgan fingerprint density at radius 1 is 1.27 bits per heavy atom. The van der Waals surface area contributed by atoms with Crippen LogP contribution in [0.3, 0.4) is 0 Å². The minimum atomic E-state index is -0.153. The summed E-state index contributed by atoms with van der Waals surface area (Å²) in [6.45, 7) is 4.87. The molecule has 0 bridgehead atoms. The van der Waals surface area contributed by atoms with Gasteiger partial charge in [0.2, 0.25) is 0 Å². The summed E-state index contributed by atoms with van der Waals surface area (Å²) in [7, 11) is 0. The molecule has 0 amide bonds. The third-order valence-corrected chi connectivity index (χ3v) is 2.04. The molecule has 0 aromatic heterocycles. The van der Waals surface area contributed by atoms with Crippen LogP contribution in [0.4, 0.5) is 4.39 Å². The minimum Gasteiger partial charge on any atom is -0.380 e. The molecule has 0 unspecified atom stereocenters. The smallest absolute Gasteiger partial charge is 0.127 e. The predicted octanol–water partition coefficient (Wildman–Crippen LogP) is 2.34. The Kier molecular flexibility index (Phi) is 5.97. The van der Waals surface area contributed by atoms with E-state index in [0.717, 1.165) is 19.6 Å². The molecule has 15 heavy (non-hydrogen) atoms. The minimum absolute atomic E-state index is 0.153. The van der Waals surface area contributed by atoms with Gasteiger partial charge < -0.3 is 10.1 Å². The number of hydrogen-bond donors (Lipinski definition) is 1. The van der Waals surface area contributed by atoms with Gasteiger partial charge in [-0.05, 0) is 12.5 Å². The second-order valence-corrected chi connectivity index (χ2v) is 3.38. The van der Waals surface area contributed by atoms with E-state index in [1.165, 1.54) is 6.07 Å². The highest BCUT2D eigenvalue weighted by Crippen LogP contribution is 2.04. The van der Waals surface area contributed by atoms with Crippen LogP contribution in [-0.2, 0) is 11.3 Å². The lowest BCUT2D eigenvalue weighted by Gasteiger charge is -2.06. The van der Waals surface area contributed by atoms with Gasteiger partial charge >= 0.3 is 0 Å². The van der Waals surface area contributed by atoms with Gasteiger partial charge in [0.1, 0.15) is 5.82 Å². The summed E-state index contributed by atoms with van der Waals surface area (Å²) in [5.74, 6) is -0.153. The van der Waals surface area contributed by atoms with Gasteiger partial charge in [-0.3, -0.25) is 0 Å². The molecule has 1 rings (SSSR count). The molecule has 84 valence electrons. The molecule has 0 heterocycles. The fraction of sp³-hybridized carbons (Fsp3) is 0.500. The summed E-state index contributed by atoms with van der Waals surface area (Å²) in [4.78, 5) is 0. The molecule has 1 aromatic carbocycles. The maximum atomic E-state index is 13.1. The van der Waals surface area contributed by atoms with E-state index >= 15 is 0 Å². The molecule has 0 atom stereocenters. The zero-order valence-electron chi connectivity index (χ0n) is 9.13. The monoisotopic (exact) mass is 211 g/mol. The number of ether oxygens (including phenoxy) is 1. The van der Waals surface area contributed by atoms with E-state index in [-0.39, 0.29) is 5.82 Å². The number of halogens is 1. The summed E-state index contributed by atoms with van der Waals surface area (Å²) < 4.78 is 18.4. The van der Waals surface area contributed by atoms with E-state index in [1.54, 1.807) is 12.1 Å². The van der Waals surface area contributed by atoms with Crippen molar-refractivity contribution >= 4 is 0 Å². The maximum absolute atomic E-state index is 13.1. The normalized spacial score (nSPS) is 10.5. The molecular weight excluding hydrogens is 193 g/mol. The quantitative estimate of drug-likeness (QED) is 0.699. The lowest BCUT2D eigenvalue weighted by Crippen LogP contribution is -2.20. The van der Waals surface area contributed by atoms with Crippen molar-refractivity contribution in [2.24, 2.45) is 0 Å². The first-order valence-corrected chi connectivity index (χ1v) is 5.36. The van der Waals surface area contributed by atoms with Crippen LogP contribution < -0.4 is 5.32 Å². The molecule has 2 nitrogen and oxygen atoms in total. The number of benzene rings is 1. The summed E-state index contributed by atoms with van der Waals surface area (Å²) >= 11 is 0. The molecule has 1 N–H and O–H groups in total. The second kappa shape index (κ2) is 7.37. The molecule has 0 radical (unpaired) electrons. The lowest BCUT2D eigenvalue weighted by atomic mass is 10.2. The lowest BCUT2D eigenvalue weighted by molar-refractivity contribution is 0.136. The molecule has 1 aromatic rings. The van der Waals surface area contributed by atoms with Crippen molar-refractivity contribution in [2.45, 2.75) is 19.9 Å². The summed E-state index contributed by atoms with van der Waals surface area (Å²) in [6.07, 6.45) is 1.04. The van der Waals surface area contributed by atoms with E-state index in [0.29, 0.717) is 18.7 Å². The van der Waals surface area contributed by atoms with Gasteiger partial charge in [-0.15, -0.1) is 0 Å². The van der Waals surface area contributed by atoms with Crippen molar-refractivity contribution in [3.63, 3.8) is 0 Å². The van der Waals surface area contributed by atoms with Gasteiger partial charge in [-0.2, -0.15) is 0 Å². The number of nitrogens with one attached hydrogen (secondary N) is 1. The van der Waals surface area contributed by atoms with Gasteiger partial charge in [-0.25, -0.2) is 4.39 Å². The summed E-state index contributed by atoms with van der Waals surface area (Å²) in [5, 5.41) is 3.14. The van der Waals surface area contributed by atoms with E-state index in [2.05, 4.69) is 12.2 Å². The summed E-state index contributed by atoms with van der Waals surface area (Å²) in [6, 6.07) is 6.80. The first kappa shape index (κ1) is 12.1. The second-order valence-electron chi connectivity index (χ2n) is 3.38. The summed E-state index contributed by atoms with van der Waals surface area (Å²) in [5.41, 5.74) is 0.702. The molecule has 3 heteroatoms. The molecule has 0 saturated heterocycles. The average molecular weight is 211 g/mol. The van der Waals surface area contributed by atoms with Crippen LogP contribution in [-0.4, -0.2) is 19.8 Å². The van der Waals surface area contributed by atoms with Crippen LogP contribution in [0.15, 0.2) is 24.3 Å². The van der Waals surface area contributed by atoms with E-state index in [9.17, 15) is 4.39 Å². The maximum Gasteiger partial charge on any atom is 0.127 e. The van der Waals surface area contributed by atoms with Crippen molar-refractivity contribution in [3.05, 3.63) is 35.6 Å². The van der Waals surface area contributed by atoms with Gasteiger partial charge in [-0.1, -0.05) is 25.1 Å². The van der Waals surface area contributed by atoms with Crippen LogP contribution >= 0.6 is 0 Å².